The minimum Gasteiger partial charge on any atom is -0.0654 e. The predicted molar refractivity (Wildman–Crippen MR) is 393 cm³/mol. The maximum absolute atomic E-state index is 16.1. The molecule has 0 aliphatic rings. The van der Waals surface area contributed by atoms with E-state index in [1.54, 1.807) is 12.1 Å². The van der Waals surface area contributed by atoms with Crippen LogP contribution in [-0.4, -0.2) is 67.1 Å². The van der Waals surface area contributed by atoms with E-state index in [4.69, 9.17) is 0 Å². The summed E-state index contributed by atoms with van der Waals surface area (Å²) in [7, 11) is 0. The average Bonchev–Trinajstić information content (AvgIpc) is 1.07. The molecule has 6 heterocycles. The van der Waals surface area contributed by atoms with Crippen LogP contribution < -0.4 is 11.1 Å². The van der Waals surface area contributed by atoms with Crippen LogP contribution >= 0.6 is 0 Å². The van der Waals surface area contributed by atoms with Crippen molar-refractivity contribution in [1.82, 2.24) is 9.13 Å². The van der Waals surface area contributed by atoms with Gasteiger partial charge < -0.3 is 0 Å². The van der Waals surface area contributed by atoms with E-state index >= 15 is 14.0 Å². The molecule has 6 rings (SSSR count). The van der Waals surface area contributed by atoms with E-state index in [1.165, 1.54) is 274 Å². The van der Waals surface area contributed by atoms with Gasteiger partial charge in [-0.3, -0.25) is 0 Å². The van der Waals surface area contributed by atoms with Crippen molar-refractivity contribution >= 4 is 69.0 Å². The number of nitrogens with zero attached hydrogens (tertiary/aromatic N) is 2. The van der Waals surface area contributed by atoms with E-state index in [1.807, 2.05) is 6.92 Å². The van der Waals surface area contributed by atoms with Crippen LogP contribution in [0.1, 0.15) is 332 Å². The Labute approximate surface area is 571 Å². The van der Waals surface area contributed by atoms with Crippen molar-refractivity contribution in [2.75, 3.05) is 0 Å². The molecular formula is C80H124F2N2O2Se4. The minimum atomic E-state index is -0.307. The molecule has 0 aliphatic heterocycles. The first-order valence-electron chi connectivity index (χ1n) is 37.6. The third-order valence-electron chi connectivity index (χ3n) is 19.6. The van der Waals surface area contributed by atoms with Crippen molar-refractivity contribution in [3.63, 3.8) is 0 Å². The van der Waals surface area contributed by atoms with Gasteiger partial charge in [-0.15, -0.1) is 0 Å². The smallest absolute Gasteiger partial charge is 0.0654 e. The van der Waals surface area contributed by atoms with Gasteiger partial charge in [0.2, 0.25) is 0 Å². The quantitative estimate of drug-likeness (QED) is 0.0282. The number of pyridine rings is 2. The summed E-state index contributed by atoms with van der Waals surface area (Å²) in [5, 5.41) is 0. The van der Waals surface area contributed by atoms with Gasteiger partial charge in [-0.2, -0.15) is 0 Å². The Bertz CT molecular complexity index is 2950. The Morgan fingerprint density at radius 1 is 0.333 bits per heavy atom. The first kappa shape index (κ1) is 77.0. The summed E-state index contributed by atoms with van der Waals surface area (Å²) in [4.78, 5) is 30.9. The first-order chi connectivity index (χ1) is 44.1. The van der Waals surface area contributed by atoms with Crippen LogP contribution in [0.5, 0.6) is 0 Å². The number of hydrogen-bond acceptors (Lipinski definition) is 2. The Kier molecular flexibility index (Phi) is 39.6. The van der Waals surface area contributed by atoms with Crippen molar-refractivity contribution in [3.8, 4) is 37.8 Å². The molecule has 504 valence electrons. The SMILES string of the molecule is CCCCCCCCCCCCC(CCCCCCCCCC)CCCCn1c(=O)c(-c2ccc(C)[se]2)cc2c1cc(-c1ccc(-c3[se]c(-c4cc(F)c(C)[se]4)cc3F)[se]1)c(=O)n2CCCCC(CCCCCCCCCC)CCCCCCCCCCCC. The second kappa shape index (κ2) is 46.2. The van der Waals surface area contributed by atoms with Gasteiger partial charge in [0.05, 0.1) is 0 Å². The molecule has 0 fully saturated rings. The van der Waals surface area contributed by atoms with Gasteiger partial charge in [-0.1, -0.05) is 207 Å². The average molecular weight is 1500 g/mol. The number of rotatable bonds is 54. The van der Waals surface area contributed by atoms with E-state index in [2.05, 4.69) is 80.2 Å². The van der Waals surface area contributed by atoms with Crippen LogP contribution in [0, 0.1) is 37.3 Å². The fraction of sp³-hybridized carbons (Fsp3) is 0.700. The van der Waals surface area contributed by atoms with E-state index in [-0.39, 0.29) is 80.8 Å². The Balaban J connectivity index is 1.26. The van der Waals surface area contributed by atoms with Crippen molar-refractivity contribution < 1.29 is 8.78 Å². The molecule has 6 aromatic heterocycles. The molecule has 4 nitrogen and oxygen atoms in total. The van der Waals surface area contributed by atoms with Gasteiger partial charge in [0, 0.05) is 0 Å². The molecule has 0 radical (unpaired) electrons. The molecule has 10 heteroatoms. The van der Waals surface area contributed by atoms with E-state index in [9.17, 15) is 4.39 Å². The van der Waals surface area contributed by atoms with E-state index in [0.717, 1.165) is 85.2 Å². The van der Waals surface area contributed by atoms with Crippen LogP contribution in [0.25, 0.3) is 48.8 Å². The number of hydrogen-bond donors (Lipinski definition) is 0. The number of aryl methyl sites for hydroxylation is 4. The molecule has 0 bridgehead atoms. The molecule has 0 aromatic carbocycles. The molecule has 90 heavy (non-hydrogen) atoms. The number of unbranched alkanes of at least 4 members (excludes halogenated alkanes) is 34. The second-order valence-electron chi connectivity index (χ2n) is 27.4. The molecule has 2 atom stereocenters. The summed E-state index contributed by atoms with van der Waals surface area (Å²) in [6.07, 6.45) is 60.8. The number of fused-ring (bicyclic) bond motifs is 1. The van der Waals surface area contributed by atoms with Crippen LogP contribution in [0.2, 0.25) is 0 Å². The van der Waals surface area contributed by atoms with Crippen molar-refractivity contribution in [2.45, 2.75) is 350 Å². The van der Waals surface area contributed by atoms with Gasteiger partial charge in [-0.25, -0.2) is 0 Å². The first-order valence-corrected chi connectivity index (χ1v) is 44.5. The summed E-state index contributed by atoms with van der Waals surface area (Å²) in [5.74, 6) is 1.07. The molecule has 0 N–H and O–H groups in total. The summed E-state index contributed by atoms with van der Waals surface area (Å²) in [5.41, 5.74) is 3.26. The molecule has 0 aliphatic carbocycles. The summed E-state index contributed by atoms with van der Waals surface area (Å²) >= 11 is -0.643. The fourth-order valence-corrected chi connectivity index (χ4v) is 23.1. The normalized spacial score (nSPS) is 12.6. The molecule has 0 amide bonds. The Hall–Kier alpha value is -1.98. The van der Waals surface area contributed by atoms with Crippen LogP contribution in [0.15, 0.2) is 58.1 Å². The molecule has 2 unspecified atom stereocenters. The molecular weight excluding hydrogens is 1370 g/mol. The molecule has 0 saturated carbocycles. The third kappa shape index (κ3) is 27.6. The summed E-state index contributed by atoms with van der Waals surface area (Å²) < 4.78 is 42.6. The van der Waals surface area contributed by atoms with Crippen LogP contribution in [0.4, 0.5) is 8.78 Å². The predicted octanol–water partition coefficient (Wildman–Crippen LogP) is 24.2. The summed E-state index contributed by atoms with van der Waals surface area (Å²) in [6, 6.07) is 15.9. The third-order valence-corrected chi connectivity index (χ3v) is 30.2. The number of aromatic nitrogens is 2. The molecule has 6 aromatic rings. The second-order valence-corrected chi connectivity index (χ2v) is 37.2. The van der Waals surface area contributed by atoms with Gasteiger partial charge in [0.25, 0.3) is 0 Å². The van der Waals surface area contributed by atoms with Gasteiger partial charge >= 0.3 is 369 Å². The van der Waals surface area contributed by atoms with Gasteiger partial charge in [0.1, 0.15) is 0 Å². The van der Waals surface area contributed by atoms with Gasteiger partial charge in [-0.05, 0) is 0 Å². The zero-order chi connectivity index (χ0) is 64.0. The Morgan fingerprint density at radius 2 is 0.644 bits per heavy atom. The monoisotopic (exact) mass is 1500 g/mol. The van der Waals surface area contributed by atoms with Crippen molar-refractivity contribution in [3.05, 3.63) is 89.7 Å². The zero-order valence-corrected chi connectivity index (χ0v) is 64.7. The molecule has 0 spiro atoms. The number of halogens is 2. The standard InChI is InChI=1S/C80H124F2N2O2Se4/c1-7-11-15-19-23-27-29-33-37-41-49-65(47-39-35-31-25-21-17-13-9-3)51-43-45-57-83-72-60-68(74-55-56-75(89-74)78-70(82)62-77(90-78)76-61-69(81)64(6)88-76)80(86)84(71(72)59-67(79(83)85)73-54-53-63(5)87-73)58-46-44-52-66(48-40-36-32-26-22-18-14-10-4)50-42-38-34-30-28-24-20-16-12-8-2/h53-56,59-62,65-66H,7-52,57-58H2,1-6H3. The fourth-order valence-electron chi connectivity index (χ4n) is 14.0. The minimum absolute atomic E-state index is 0.0132. The maximum atomic E-state index is 16.1. The zero-order valence-electron chi connectivity index (χ0n) is 57.8. The van der Waals surface area contributed by atoms with Crippen molar-refractivity contribution in [2.24, 2.45) is 11.8 Å². The van der Waals surface area contributed by atoms with Crippen LogP contribution in [-0.2, 0) is 13.1 Å². The van der Waals surface area contributed by atoms with E-state index in [0.29, 0.717) is 18.7 Å². The summed E-state index contributed by atoms with van der Waals surface area (Å²) in [6.45, 7) is 14.5. The topological polar surface area (TPSA) is 44.0 Å². The van der Waals surface area contributed by atoms with Crippen LogP contribution in [0.3, 0.4) is 0 Å². The van der Waals surface area contributed by atoms with Gasteiger partial charge in [0.15, 0.2) is 0 Å². The molecule has 0 saturated heterocycles. The van der Waals surface area contributed by atoms with E-state index < -0.39 is 0 Å². The van der Waals surface area contributed by atoms with Crippen molar-refractivity contribution in [1.29, 1.82) is 0 Å². The Morgan fingerprint density at radius 3 is 0.989 bits per heavy atom.